The fourth-order valence-corrected chi connectivity index (χ4v) is 1.66. The minimum absolute atomic E-state index is 0.0874. The Hall–Kier alpha value is -2.89. The van der Waals surface area contributed by atoms with Gasteiger partial charge < -0.3 is 15.5 Å². The summed E-state index contributed by atoms with van der Waals surface area (Å²) < 4.78 is 0. The summed E-state index contributed by atoms with van der Waals surface area (Å²) in [6, 6.07) is 9.10. The van der Waals surface area contributed by atoms with Crippen molar-refractivity contribution in [3.63, 3.8) is 0 Å². The van der Waals surface area contributed by atoms with Crippen LogP contribution in [0.1, 0.15) is 16.1 Å². The zero-order valence-corrected chi connectivity index (χ0v) is 10.4. The average molecular weight is 272 g/mol. The van der Waals surface area contributed by atoms with Crippen molar-refractivity contribution in [3.05, 3.63) is 53.9 Å². The van der Waals surface area contributed by atoms with E-state index >= 15 is 0 Å². The summed E-state index contributed by atoms with van der Waals surface area (Å²) in [5, 5.41) is 20.8. The van der Waals surface area contributed by atoms with Crippen molar-refractivity contribution in [1.29, 1.82) is 0 Å². The molecule has 6 heteroatoms. The van der Waals surface area contributed by atoms with Crippen LogP contribution >= 0.6 is 0 Å². The number of hydrogen-bond acceptors (Lipinski definition) is 4. The summed E-state index contributed by atoms with van der Waals surface area (Å²) in [4.78, 5) is 26.7. The number of aromatic hydroxyl groups is 1. The van der Waals surface area contributed by atoms with Crippen LogP contribution in [-0.4, -0.2) is 27.1 Å². The monoisotopic (exact) mass is 272 g/mol. The number of nitrogens with zero attached hydrogens (tertiary/aromatic N) is 1. The number of carboxylic acid groups (broad SMARTS) is 1. The van der Waals surface area contributed by atoms with Crippen LogP contribution in [0.15, 0.2) is 42.6 Å². The first kappa shape index (κ1) is 13.5. The van der Waals surface area contributed by atoms with Gasteiger partial charge in [-0.15, -0.1) is 0 Å². The summed E-state index contributed by atoms with van der Waals surface area (Å²) in [7, 11) is 0. The molecule has 0 aliphatic rings. The number of phenols is 1. The number of hydrogen-bond donors (Lipinski definition) is 3. The van der Waals surface area contributed by atoms with Crippen molar-refractivity contribution < 1.29 is 19.8 Å². The Morgan fingerprint density at radius 3 is 2.65 bits per heavy atom. The largest absolute Gasteiger partial charge is 0.507 e. The molecule has 0 fully saturated rings. The van der Waals surface area contributed by atoms with Gasteiger partial charge in [0.2, 0.25) is 5.91 Å². The number of carboxylic acids is 1. The number of anilines is 1. The molecule has 102 valence electrons. The Kier molecular flexibility index (Phi) is 3.95. The second-order valence-corrected chi connectivity index (χ2v) is 4.08. The molecule has 1 amide bonds. The molecule has 2 rings (SSSR count). The van der Waals surface area contributed by atoms with E-state index < -0.39 is 5.97 Å². The third-order valence-electron chi connectivity index (χ3n) is 2.58. The first-order valence-corrected chi connectivity index (χ1v) is 5.82. The van der Waals surface area contributed by atoms with E-state index in [0.29, 0.717) is 11.4 Å². The molecule has 6 nitrogen and oxygen atoms in total. The molecule has 2 aromatic rings. The average Bonchev–Trinajstić information content (AvgIpc) is 2.41. The van der Waals surface area contributed by atoms with E-state index in [2.05, 4.69) is 10.3 Å². The van der Waals surface area contributed by atoms with Gasteiger partial charge in [0.1, 0.15) is 11.3 Å². The molecule has 0 saturated heterocycles. The summed E-state index contributed by atoms with van der Waals surface area (Å²) >= 11 is 0. The molecule has 0 aliphatic carbocycles. The van der Waals surface area contributed by atoms with Gasteiger partial charge >= 0.3 is 5.97 Å². The Balaban J connectivity index is 2.08. The van der Waals surface area contributed by atoms with Gasteiger partial charge in [-0.1, -0.05) is 6.07 Å². The van der Waals surface area contributed by atoms with Crippen molar-refractivity contribution in [2.75, 3.05) is 5.32 Å². The Labute approximate surface area is 114 Å². The highest BCUT2D eigenvalue weighted by molar-refractivity contribution is 5.96. The van der Waals surface area contributed by atoms with Crippen LogP contribution < -0.4 is 5.32 Å². The van der Waals surface area contributed by atoms with Crippen LogP contribution in [0.4, 0.5) is 5.69 Å². The molecule has 3 N–H and O–H groups in total. The molecule has 0 spiro atoms. The number of carbonyl (C=O) groups excluding carboxylic acids is 1. The summed E-state index contributed by atoms with van der Waals surface area (Å²) in [5.74, 6) is -1.92. The standard InChI is InChI=1S/C14H12N2O4/c17-12-5-4-10(7-11(12)14(19)20)16-13(18)8-9-3-1-2-6-15-9/h1-7,17H,8H2,(H,16,18)(H,19,20). The van der Waals surface area contributed by atoms with E-state index in [9.17, 15) is 14.7 Å². The van der Waals surface area contributed by atoms with Gasteiger partial charge in [-0.3, -0.25) is 9.78 Å². The molecule has 0 unspecified atom stereocenters. The lowest BCUT2D eigenvalue weighted by atomic mass is 10.1. The number of carbonyl (C=O) groups is 2. The van der Waals surface area contributed by atoms with E-state index in [1.807, 2.05) is 0 Å². The molecule has 1 heterocycles. The second kappa shape index (κ2) is 5.83. The number of rotatable bonds is 4. The quantitative estimate of drug-likeness (QED) is 0.735. The van der Waals surface area contributed by atoms with Crippen LogP contribution in [0, 0.1) is 0 Å². The van der Waals surface area contributed by atoms with Crippen LogP contribution in [0.3, 0.4) is 0 Å². The molecule has 0 saturated carbocycles. The molecule has 20 heavy (non-hydrogen) atoms. The third-order valence-corrected chi connectivity index (χ3v) is 2.58. The maximum atomic E-state index is 11.8. The molecular formula is C14H12N2O4. The van der Waals surface area contributed by atoms with Gasteiger partial charge in [0, 0.05) is 17.6 Å². The van der Waals surface area contributed by atoms with Crippen LogP contribution in [0.5, 0.6) is 5.75 Å². The molecule has 1 aromatic carbocycles. The Morgan fingerprint density at radius 1 is 1.20 bits per heavy atom. The van der Waals surface area contributed by atoms with Gasteiger partial charge in [-0.05, 0) is 30.3 Å². The van der Waals surface area contributed by atoms with Crippen molar-refractivity contribution in [2.24, 2.45) is 0 Å². The minimum Gasteiger partial charge on any atom is -0.507 e. The molecule has 0 radical (unpaired) electrons. The topological polar surface area (TPSA) is 99.5 Å². The van der Waals surface area contributed by atoms with Crippen molar-refractivity contribution >= 4 is 17.6 Å². The van der Waals surface area contributed by atoms with Gasteiger partial charge in [0.05, 0.1) is 6.42 Å². The number of pyridine rings is 1. The number of nitrogens with one attached hydrogen (secondary N) is 1. The number of amides is 1. The van der Waals surface area contributed by atoms with Crippen molar-refractivity contribution in [2.45, 2.75) is 6.42 Å². The normalized spacial score (nSPS) is 10.0. The minimum atomic E-state index is -1.26. The predicted octanol–water partition coefficient (Wildman–Crippen LogP) is 1.67. The molecule has 1 aromatic heterocycles. The molecule has 0 bridgehead atoms. The highest BCUT2D eigenvalue weighted by Gasteiger charge is 2.11. The van der Waals surface area contributed by atoms with Crippen LogP contribution in [0.2, 0.25) is 0 Å². The van der Waals surface area contributed by atoms with Crippen LogP contribution in [-0.2, 0) is 11.2 Å². The maximum Gasteiger partial charge on any atom is 0.339 e. The van der Waals surface area contributed by atoms with Gasteiger partial charge in [0.15, 0.2) is 0 Å². The number of aromatic nitrogens is 1. The lowest BCUT2D eigenvalue weighted by molar-refractivity contribution is -0.115. The van der Waals surface area contributed by atoms with Gasteiger partial charge in [0.25, 0.3) is 0 Å². The maximum absolute atomic E-state index is 11.8. The molecular weight excluding hydrogens is 260 g/mol. The zero-order valence-electron chi connectivity index (χ0n) is 10.4. The first-order chi connectivity index (χ1) is 9.56. The highest BCUT2D eigenvalue weighted by Crippen LogP contribution is 2.21. The van der Waals surface area contributed by atoms with E-state index in [4.69, 9.17) is 5.11 Å². The lowest BCUT2D eigenvalue weighted by Gasteiger charge is -2.07. The second-order valence-electron chi connectivity index (χ2n) is 4.08. The zero-order chi connectivity index (χ0) is 14.5. The summed E-state index contributed by atoms with van der Waals surface area (Å²) in [6.45, 7) is 0. The smallest absolute Gasteiger partial charge is 0.339 e. The first-order valence-electron chi connectivity index (χ1n) is 5.82. The lowest BCUT2D eigenvalue weighted by Crippen LogP contribution is -2.15. The molecule has 0 aliphatic heterocycles. The van der Waals surface area contributed by atoms with E-state index in [0.717, 1.165) is 0 Å². The Morgan fingerprint density at radius 2 is 2.00 bits per heavy atom. The summed E-state index contributed by atoms with van der Waals surface area (Å²) in [6.07, 6.45) is 1.68. The molecule has 0 atom stereocenters. The van der Waals surface area contributed by atoms with Crippen molar-refractivity contribution in [1.82, 2.24) is 4.98 Å². The predicted molar refractivity (Wildman–Crippen MR) is 71.6 cm³/mol. The highest BCUT2D eigenvalue weighted by atomic mass is 16.4. The third kappa shape index (κ3) is 3.32. The van der Waals surface area contributed by atoms with E-state index in [-0.39, 0.29) is 23.6 Å². The number of aromatic carboxylic acids is 1. The summed E-state index contributed by atoms with van der Waals surface area (Å²) in [5.41, 5.74) is 0.656. The van der Waals surface area contributed by atoms with E-state index in [1.54, 1.807) is 24.4 Å². The van der Waals surface area contributed by atoms with Gasteiger partial charge in [-0.2, -0.15) is 0 Å². The van der Waals surface area contributed by atoms with E-state index in [1.165, 1.54) is 18.2 Å². The van der Waals surface area contributed by atoms with Crippen LogP contribution in [0.25, 0.3) is 0 Å². The van der Waals surface area contributed by atoms with Gasteiger partial charge in [-0.25, -0.2) is 4.79 Å². The fraction of sp³-hybridized carbons (Fsp3) is 0.0714. The van der Waals surface area contributed by atoms with Crippen molar-refractivity contribution in [3.8, 4) is 5.75 Å². The SMILES string of the molecule is O=C(Cc1ccccn1)Nc1ccc(O)c(C(=O)O)c1. The number of benzene rings is 1. The fourth-order valence-electron chi connectivity index (χ4n) is 1.66. The Bertz CT molecular complexity index is 641.